The molecule has 1 saturated heterocycles. The lowest BCUT2D eigenvalue weighted by Gasteiger charge is -2.56. The normalized spacial score (nSPS) is 29.5. The lowest BCUT2D eigenvalue weighted by atomic mass is 9.62. The van der Waals surface area contributed by atoms with E-state index in [0.29, 0.717) is 18.4 Å². The van der Waals surface area contributed by atoms with Crippen LogP contribution in [0.3, 0.4) is 0 Å². The number of ether oxygens (including phenoxy) is 1. The first kappa shape index (κ1) is 20.6. The summed E-state index contributed by atoms with van der Waals surface area (Å²) in [5.74, 6) is 0.0692. The highest BCUT2D eigenvalue weighted by atomic mass is 16.5. The minimum atomic E-state index is -0.707. The molecule has 164 valence electrons. The monoisotopic (exact) mass is 421 g/mol. The van der Waals surface area contributed by atoms with Gasteiger partial charge in [-0.1, -0.05) is 30.7 Å². The van der Waals surface area contributed by atoms with E-state index in [1.807, 2.05) is 12.1 Å². The summed E-state index contributed by atoms with van der Waals surface area (Å²) in [6.07, 6.45) is 6.41. The van der Waals surface area contributed by atoms with Crippen molar-refractivity contribution in [2.75, 3.05) is 26.7 Å². The van der Waals surface area contributed by atoms with Crippen molar-refractivity contribution in [1.82, 2.24) is 9.88 Å². The van der Waals surface area contributed by atoms with Crippen LogP contribution in [0.25, 0.3) is 0 Å². The zero-order valence-electron chi connectivity index (χ0n) is 18.1. The molecule has 3 aliphatic rings. The van der Waals surface area contributed by atoms with Gasteiger partial charge in [0, 0.05) is 57.6 Å². The molecule has 6 nitrogen and oxygen atoms in total. The Morgan fingerprint density at radius 1 is 1.19 bits per heavy atom. The predicted octanol–water partition coefficient (Wildman–Crippen LogP) is 2.28. The molecule has 1 aromatic carbocycles. The number of benzene rings is 1. The molecule has 2 aliphatic carbocycles. The number of carbonyl (C=O) groups excluding carboxylic acids is 1. The smallest absolute Gasteiger partial charge is 0.267 e. The van der Waals surface area contributed by atoms with Gasteiger partial charge in [-0.15, -0.1) is 0 Å². The van der Waals surface area contributed by atoms with Crippen LogP contribution >= 0.6 is 0 Å². The minimum Gasteiger partial charge on any atom is -0.388 e. The van der Waals surface area contributed by atoms with Crippen LogP contribution in [0.5, 0.6) is 0 Å². The van der Waals surface area contributed by atoms with Crippen LogP contribution < -0.4 is 5.73 Å². The number of methoxy groups -OCH3 is 1. The van der Waals surface area contributed by atoms with E-state index in [1.165, 1.54) is 17.5 Å². The number of hydrogen-bond acceptors (Lipinski definition) is 5. The van der Waals surface area contributed by atoms with E-state index in [4.69, 9.17) is 10.5 Å². The van der Waals surface area contributed by atoms with Gasteiger partial charge in [0.2, 0.25) is 0 Å². The number of nitrogens with two attached hydrogens (primary N) is 1. The standard InChI is InChI=1S/C25H31N3O3/c1-31-25(19-9-10-27-22(11-19)23(26)29)20-7-4-8-21(25)15-28(14-20)16-24(30)12-17-5-2-3-6-18(17)13-24/h2-3,5-6,9-11,20-21,30H,4,7-8,12-16H2,1H3,(H2,26,29)/t20-,21+,25?. The number of pyridine rings is 1. The molecule has 1 amide bonds. The van der Waals surface area contributed by atoms with E-state index in [9.17, 15) is 9.90 Å². The van der Waals surface area contributed by atoms with Crippen LogP contribution in [-0.4, -0.2) is 53.2 Å². The van der Waals surface area contributed by atoms with E-state index in [-0.39, 0.29) is 5.69 Å². The molecule has 5 rings (SSSR count). The second kappa shape index (κ2) is 7.69. The van der Waals surface area contributed by atoms with Crippen molar-refractivity contribution in [3.05, 3.63) is 65.0 Å². The van der Waals surface area contributed by atoms with E-state index < -0.39 is 17.1 Å². The lowest BCUT2D eigenvalue weighted by Crippen LogP contribution is -2.61. The molecular formula is C25H31N3O3. The molecule has 2 aromatic rings. The summed E-state index contributed by atoms with van der Waals surface area (Å²) >= 11 is 0. The summed E-state index contributed by atoms with van der Waals surface area (Å²) in [4.78, 5) is 18.3. The number of rotatable bonds is 5. The summed E-state index contributed by atoms with van der Waals surface area (Å²) in [5, 5.41) is 11.4. The number of hydrogen-bond donors (Lipinski definition) is 2. The molecule has 1 aromatic heterocycles. The zero-order valence-corrected chi connectivity index (χ0v) is 18.1. The Morgan fingerprint density at radius 3 is 2.42 bits per heavy atom. The van der Waals surface area contributed by atoms with Gasteiger partial charge in [0.15, 0.2) is 0 Å². The van der Waals surface area contributed by atoms with Gasteiger partial charge in [0.1, 0.15) is 11.3 Å². The van der Waals surface area contributed by atoms with E-state index in [0.717, 1.165) is 44.3 Å². The van der Waals surface area contributed by atoms with E-state index >= 15 is 0 Å². The average Bonchev–Trinajstić information content (AvgIpc) is 3.08. The van der Waals surface area contributed by atoms with Crippen molar-refractivity contribution < 1.29 is 14.6 Å². The van der Waals surface area contributed by atoms with Gasteiger partial charge in [-0.2, -0.15) is 0 Å². The van der Waals surface area contributed by atoms with E-state index in [2.05, 4.69) is 34.1 Å². The number of amides is 1. The number of carbonyl (C=O) groups is 1. The third-order valence-electron chi connectivity index (χ3n) is 7.75. The average molecular weight is 422 g/mol. The maximum Gasteiger partial charge on any atom is 0.267 e. The first-order chi connectivity index (χ1) is 14.9. The highest BCUT2D eigenvalue weighted by molar-refractivity contribution is 5.90. The SMILES string of the molecule is COC1(c2ccnc(C(N)=O)c2)[C@@H]2CCC[C@H]1CN(CC1(O)Cc3ccccc3C1)C2. The van der Waals surface area contributed by atoms with Gasteiger partial charge in [-0.3, -0.25) is 14.7 Å². The fourth-order valence-electron chi connectivity index (χ4n) is 6.59. The molecule has 0 radical (unpaired) electrons. The summed E-state index contributed by atoms with van der Waals surface area (Å²) in [5.41, 5.74) is 8.17. The second-order valence-electron chi connectivity index (χ2n) is 9.66. The van der Waals surface area contributed by atoms with Crippen molar-refractivity contribution >= 4 is 5.91 Å². The predicted molar refractivity (Wildman–Crippen MR) is 118 cm³/mol. The number of aromatic nitrogens is 1. The van der Waals surface area contributed by atoms with Crippen molar-refractivity contribution in [1.29, 1.82) is 0 Å². The van der Waals surface area contributed by atoms with Crippen LogP contribution in [0.4, 0.5) is 0 Å². The maximum absolute atomic E-state index is 11.7. The van der Waals surface area contributed by atoms with E-state index in [1.54, 1.807) is 13.3 Å². The Morgan fingerprint density at radius 2 is 1.84 bits per heavy atom. The summed E-state index contributed by atoms with van der Waals surface area (Å²) in [6.45, 7) is 2.42. The summed E-state index contributed by atoms with van der Waals surface area (Å²) in [7, 11) is 1.78. The first-order valence-electron chi connectivity index (χ1n) is 11.3. The summed E-state index contributed by atoms with van der Waals surface area (Å²) < 4.78 is 6.29. The fraction of sp³-hybridized carbons (Fsp3) is 0.520. The Labute approximate surface area is 183 Å². The van der Waals surface area contributed by atoms with Gasteiger partial charge in [-0.05, 0) is 41.7 Å². The van der Waals surface area contributed by atoms with Crippen LogP contribution in [0.1, 0.15) is 46.4 Å². The van der Waals surface area contributed by atoms with Gasteiger partial charge in [0.05, 0.1) is 5.60 Å². The lowest BCUT2D eigenvalue weighted by molar-refractivity contribution is -0.175. The second-order valence-corrected chi connectivity index (χ2v) is 9.66. The highest BCUT2D eigenvalue weighted by Crippen LogP contribution is 2.51. The Hall–Kier alpha value is -2.28. The molecule has 2 bridgehead atoms. The van der Waals surface area contributed by atoms with Crippen molar-refractivity contribution in [2.45, 2.75) is 43.3 Å². The van der Waals surface area contributed by atoms with Crippen molar-refractivity contribution in [3.8, 4) is 0 Å². The number of nitrogens with zero attached hydrogens (tertiary/aromatic N) is 2. The Kier molecular flexibility index (Phi) is 5.12. The number of fused-ring (bicyclic) bond motifs is 3. The van der Waals surface area contributed by atoms with Crippen LogP contribution in [-0.2, 0) is 23.2 Å². The van der Waals surface area contributed by atoms with Gasteiger partial charge in [-0.25, -0.2) is 0 Å². The first-order valence-corrected chi connectivity index (χ1v) is 11.3. The third kappa shape index (κ3) is 3.47. The topological polar surface area (TPSA) is 88.7 Å². The van der Waals surface area contributed by atoms with Crippen molar-refractivity contribution in [2.24, 2.45) is 17.6 Å². The zero-order chi connectivity index (χ0) is 21.6. The molecule has 31 heavy (non-hydrogen) atoms. The van der Waals surface area contributed by atoms with Crippen LogP contribution in [0, 0.1) is 11.8 Å². The number of piperidine rings is 1. The highest BCUT2D eigenvalue weighted by Gasteiger charge is 2.54. The molecule has 3 N–H and O–H groups in total. The number of primary amides is 1. The number of likely N-dealkylation sites (tertiary alicyclic amines) is 1. The van der Waals surface area contributed by atoms with Gasteiger partial charge < -0.3 is 15.6 Å². The Balaban J connectivity index is 1.40. The molecule has 3 atom stereocenters. The molecule has 2 fully saturated rings. The largest absolute Gasteiger partial charge is 0.388 e. The molecule has 1 unspecified atom stereocenters. The molecule has 6 heteroatoms. The summed E-state index contributed by atoms with van der Waals surface area (Å²) in [6, 6.07) is 12.2. The van der Waals surface area contributed by atoms with Crippen LogP contribution in [0.2, 0.25) is 0 Å². The Bertz CT molecular complexity index is 952. The maximum atomic E-state index is 11.7. The van der Waals surface area contributed by atoms with Gasteiger partial charge >= 0.3 is 0 Å². The quantitative estimate of drug-likeness (QED) is 0.773. The molecule has 1 saturated carbocycles. The van der Waals surface area contributed by atoms with Crippen molar-refractivity contribution in [3.63, 3.8) is 0 Å². The minimum absolute atomic E-state index is 0.285. The molecule has 0 spiro atoms. The molecule has 1 aliphatic heterocycles. The molecule has 2 heterocycles. The molecular weight excluding hydrogens is 390 g/mol. The fourth-order valence-corrected chi connectivity index (χ4v) is 6.59. The third-order valence-corrected chi connectivity index (χ3v) is 7.75. The number of aliphatic hydroxyl groups is 1. The van der Waals surface area contributed by atoms with Crippen LogP contribution in [0.15, 0.2) is 42.6 Å². The number of β-amino-alcohol motifs (C(OH)–C–C–N with tert-alkyl or cyclic N) is 1. The van der Waals surface area contributed by atoms with Gasteiger partial charge in [0.25, 0.3) is 5.91 Å².